The summed E-state index contributed by atoms with van der Waals surface area (Å²) < 4.78 is 0. The zero-order chi connectivity index (χ0) is 17.1. The van der Waals surface area contributed by atoms with E-state index in [-0.39, 0.29) is 11.9 Å². The first kappa shape index (κ1) is 16.2. The minimum atomic E-state index is 0.0342. The molecule has 2 aliphatic rings. The normalized spacial score (nSPS) is 20.0. The fourth-order valence-electron chi connectivity index (χ4n) is 4.12. The number of nitrogens with one attached hydrogen (secondary N) is 1. The first-order valence-electron chi connectivity index (χ1n) is 9.55. The summed E-state index contributed by atoms with van der Waals surface area (Å²) in [4.78, 5) is 15.1. The molecule has 0 radical (unpaired) electrons. The van der Waals surface area contributed by atoms with E-state index in [1.807, 2.05) is 12.1 Å². The molecule has 130 valence electrons. The number of rotatable bonds is 3. The number of hydrogen-bond acceptors (Lipinski definition) is 2. The lowest BCUT2D eigenvalue weighted by Gasteiger charge is -2.29. The molecule has 4 rings (SSSR count). The van der Waals surface area contributed by atoms with Crippen LogP contribution in [0.3, 0.4) is 0 Å². The number of benzene rings is 2. The predicted molar refractivity (Wildman–Crippen MR) is 102 cm³/mol. The van der Waals surface area contributed by atoms with Gasteiger partial charge in [0.15, 0.2) is 0 Å². The number of carbonyl (C=O) groups is 1. The van der Waals surface area contributed by atoms with Crippen LogP contribution in [0.2, 0.25) is 0 Å². The lowest BCUT2D eigenvalue weighted by molar-refractivity contribution is 0.0933. The average Bonchev–Trinajstić information content (AvgIpc) is 2.69. The zero-order valence-electron chi connectivity index (χ0n) is 14.7. The lowest BCUT2D eigenvalue weighted by atomic mass is 9.87. The Morgan fingerprint density at radius 2 is 1.68 bits per heavy atom. The van der Waals surface area contributed by atoms with Crippen molar-refractivity contribution in [3.8, 4) is 0 Å². The van der Waals surface area contributed by atoms with Crippen molar-refractivity contribution in [2.45, 2.75) is 44.6 Å². The number of amides is 1. The summed E-state index contributed by atoms with van der Waals surface area (Å²) in [5.41, 5.74) is 4.65. The standard InChI is InChI=1S/C22H26N2O/c25-22(23-21-10-6-8-17-7-2-3-9-20(17)21)18-11-13-19(14-12-18)24-15-4-1-5-16-24/h2-3,7,9,11-14,21H,1,4-6,8,10,15-16H2,(H,23,25)/t21-/m0/s1. The van der Waals surface area contributed by atoms with E-state index in [0.717, 1.165) is 37.9 Å². The Hall–Kier alpha value is -2.29. The third kappa shape index (κ3) is 3.55. The molecule has 1 N–H and O–H groups in total. The van der Waals surface area contributed by atoms with Crippen molar-refractivity contribution >= 4 is 11.6 Å². The van der Waals surface area contributed by atoms with E-state index in [1.54, 1.807) is 0 Å². The Morgan fingerprint density at radius 3 is 2.48 bits per heavy atom. The fraction of sp³-hybridized carbons (Fsp3) is 0.409. The van der Waals surface area contributed by atoms with Crippen LogP contribution in [0, 0.1) is 0 Å². The van der Waals surface area contributed by atoms with Crippen molar-refractivity contribution in [3.05, 3.63) is 65.2 Å². The van der Waals surface area contributed by atoms with E-state index in [1.165, 1.54) is 36.1 Å². The van der Waals surface area contributed by atoms with Crippen molar-refractivity contribution in [1.82, 2.24) is 5.32 Å². The van der Waals surface area contributed by atoms with Gasteiger partial charge in [-0.1, -0.05) is 24.3 Å². The molecular weight excluding hydrogens is 308 g/mol. The highest BCUT2D eigenvalue weighted by molar-refractivity contribution is 5.94. The van der Waals surface area contributed by atoms with Crippen molar-refractivity contribution < 1.29 is 4.79 Å². The Labute approximate surface area is 150 Å². The summed E-state index contributed by atoms with van der Waals surface area (Å²) in [6.45, 7) is 2.26. The maximum absolute atomic E-state index is 12.7. The van der Waals surface area contributed by atoms with Gasteiger partial charge in [-0.2, -0.15) is 0 Å². The van der Waals surface area contributed by atoms with Gasteiger partial charge in [-0.05, 0) is 73.9 Å². The molecule has 1 aliphatic carbocycles. The number of fused-ring (bicyclic) bond motifs is 1. The Balaban J connectivity index is 1.45. The monoisotopic (exact) mass is 334 g/mol. The Bertz CT molecular complexity index is 732. The zero-order valence-corrected chi connectivity index (χ0v) is 14.7. The van der Waals surface area contributed by atoms with Crippen molar-refractivity contribution in [3.63, 3.8) is 0 Å². The number of hydrogen-bond donors (Lipinski definition) is 1. The second-order valence-electron chi connectivity index (χ2n) is 7.21. The second kappa shape index (κ2) is 7.30. The number of anilines is 1. The highest BCUT2D eigenvalue weighted by Crippen LogP contribution is 2.29. The molecular formula is C22H26N2O. The molecule has 0 saturated carbocycles. The maximum atomic E-state index is 12.7. The van der Waals surface area contributed by atoms with Gasteiger partial charge in [-0.3, -0.25) is 4.79 Å². The van der Waals surface area contributed by atoms with Crippen molar-refractivity contribution in [2.24, 2.45) is 0 Å². The smallest absolute Gasteiger partial charge is 0.251 e. The van der Waals surface area contributed by atoms with E-state index < -0.39 is 0 Å². The molecule has 3 nitrogen and oxygen atoms in total. The molecule has 1 fully saturated rings. The maximum Gasteiger partial charge on any atom is 0.251 e. The van der Waals surface area contributed by atoms with Crippen LogP contribution >= 0.6 is 0 Å². The van der Waals surface area contributed by atoms with Gasteiger partial charge in [0.2, 0.25) is 0 Å². The average molecular weight is 334 g/mol. The first-order chi connectivity index (χ1) is 12.3. The molecule has 1 saturated heterocycles. The molecule has 1 amide bonds. The number of aryl methyl sites for hydroxylation is 1. The van der Waals surface area contributed by atoms with Gasteiger partial charge in [0.05, 0.1) is 6.04 Å². The van der Waals surface area contributed by atoms with Crippen LogP contribution in [0.25, 0.3) is 0 Å². The molecule has 0 bridgehead atoms. The molecule has 0 unspecified atom stereocenters. The third-order valence-electron chi connectivity index (χ3n) is 5.53. The van der Waals surface area contributed by atoms with Gasteiger partial charge < -0.3 is 10.2 Å². The van der Waals surface area contributed by atoms with Crippen LogP contribution in [0.15, 0.2) is 48.5 Å². The number of nitrogens with zero attached hydrogens (tertiary/aromatic N) is 1. The van der Waals surface area contributed by atoms with E-state index >= 15 is 0 Å². The van der Waals surface area contributed by atoms with Crippen molar-refractivity contribution in [2.75, 3.05) is 18.0 Å². The lowest BCUT2D eigenvalue weighted by Crippen LogP contribution is -2.31. The van der Waals surface area contributed by atoms with Gasteiger partial charge in [-0.25, -0.2) is 0 Å². The SMILES string of the molecule is O=C(N[C@H]1CCCc2ccccc21)c1ccc(N2CCCCC2)cc1. The molecule has 1 heterocycles. The minimum Gasteiger partial charge on any atom is -0.372 e. The van der Waals surface area contributed by atoms with Gasteiger partial charge >= 0.3 is 0 Å². The van der Waals surface area contributed by atoms with Gasteiger partial charge in [-0.15, -0.1) is 0 Å². The summed E-state index contributed by atoms with van der Waals surface area (Å²) in [6, 6.07) is 16.7. The van der Waals surface area contributed by atoms with Crippen LogP contribution in [0.1, 0.15) is 59.6 Å². The van der Waals surface area contributed by atoms with Crippen LogP contribution in [0.4, 0.5) is 5.69 Å². The van der Waals surface area contributed by atoms with E-state index in [0.29, 0.717) is 0 Å². The quantitative estimate of drug-likeness (QED) is 0.897. The molecule has 3 heteroatoms. The summed E-state index contributed by atoms with van der Waals surface area (Å²) in [7, 11) is 0. The molecule has 25 heavy (non-hydrogen) atoms. The molecule has 2 aromatic rings. The molecule has 0 aromatic heterocycles. The number of piperidine rings is 1. The van der Waals surface area contributed by atoms with Gasteiger partial charge in [0.1, 0.15) is 0 Å². The number of carbonyl (C=O) groups excluding carboxylic acids is 1. The summed E-state index contributed by atoms with van der Waals surface area (Å²) >= 11 is 0. The predicted octanol–water partition coefficient (Wildman–Crippen LogP) is 4.48. The highest BCUT2D eigenvalue weighted by atomic mass is 16.1. The summed E-state index contributed by atoms with van der Waals surface area (Å²) in [6.07, 6.45) is 7.14. The van der Waals surface area contributed by atoms with Crippen molar-refractivity contribution in [1.29, 1.82) is 0 Å². The summed E-state index contributed by atoms with van der Waals surface area (Å²) in [5, 5.41) is 3.24. The van der Waals surface area contributed by atoms with Gasteiger partial charge in [0, 0.05) is 24.3 Å². The fourth-order valence-corrected chi connectivity index (χ4v) is 4.12. The Kier molecular flexibility index (Phi) is 4.73. The second-order valence-corrected chi connectivity index (χ2v) is 7.21. The van der Waals surface area contributed by atoms with Crippen LogP contribution in [0.5, 0.6) is 0 Å². The summed E-state index contributed by atoms with van der Waals surface area (Å²) in [5.74, 6) is 0.0342. The first-order valence-corrected chi connectivity index (χ1v) is 9.55. The molecule has 2 aromatic carbocycles. The van der Waals surface area contributed by atoms with E-state index in [2.05, 4.69) is 46.6 Å². The molecule has 1 aliphatic heterocycles. The van der Waals surface area contributed by atoms with Crippen LogP contribution < -0.4 is 10.2 Å². The van der Waals surface area contributed by atoms with Crippen LogP contribution in [-0.4, -0.2) is 19.0 Å². The molecule has 1 atom stereocenters. The third-order valence-corrected chi connectivity index (χ3v) is 5.53. The Morgan fingerprint density at radius 1 is 0.920 bits per heavy atom. The van der Waals surface area contributed by atoms with Crippen LogP contribution in [-0.2, 0) is 6.42 Å². The van der Waals surface area contributed by atoms with Gasteiger partial charge in [0.25, 0.3) is 5.91 Å². The van der Waals surface area contributed by atoms with E-state index in [4.69, 9.17) is 0 Å². The van der Waals surface area contributed by atoms with E-state index in [9.17, 15) is 4.79 Å². The molecule has 0 spiro atoms. The highest BCUT2D eigenvalue weighted by Gasteiger charge is 2.22. The topological polar surface area (TPSA) is 32.3 Å². The minimum absolute atomic E-state index is 0.0342. The largest absolute Gasteiger partial charge is 0.372 e.